The fourth-order valence-corrected chi connectivity index (χ4v) is 8.09. The van der Waals surface area contributed by atoms with Crippen LogP contribution < -0.4 is 20.1 Å². The Labute approximate surface area is 330 Å². The number of H-pyrrole nitrogens is 2. The number of ether oxygens (including phenoxy) is 2. The highest BCUT2D eigenvalue weighted by Gasteiger charge is 2.27. The number of aromatic amines is 2. The molecule has 6 heterocycles. The van der Waals surface area contributed by atoms with E-state index in [2.05, 4.69) is 53.1 Å². The molecule has 16 heteroatoms. The summed E-state index contributed by atoms with van der Waals surface area (Å²) >= 11 is 0. The van der Waals surface area contributed by atoms with Gasteiger partial charge in [-0.05, 0) is 98.2 Å². The number of hydrogen-bond donors (Lipinski definition) is 4. The van der Waals surface area contributed by atoms with E-state index in [1.165, 1.54) is 19.9 Å². The number of nitriles is 2. The quantitative estimate of drug-likeness (QED) is 0.104. The number of anilines is 2. The van der Waals surface area contributed by atoms with Crippen molar-refractivity contribution in [2.24, 2.45) is 0 Å². The SMILES string of the molecule is COc1nc2c(cc1C#N)CCC[C@H]2Nc1ccc2[nH]nc(-c3ocnc3COc3nc4c(cc3C#N)CCC[C@@H]4Nc3ccc4[nH]nc(-c5cnco5)c4c3)c2c1. The maximum absolute atomic E-state index is 10.1. The average Bonchev–Trinajstić information content (AvgIpc) is 4.09. The molecule has 0 unspecified atom stereocenters. The third-order valence-corrected chi connectivity index (χ3v) is 10.8. The minimum Gasteiger partial charge on any atom is -0.480 e. The van der Waals surface area contributed by atoms with Gasteiger partial charge >= 0.3 is 0 Å². The number of hydrogen-bond acceptors (Lipinski definition) is 14. The lowest BCUT2D eigenvalue weighted by molar-refractivity contribution is 0.286. The van der Waals surface area contributed by atoms with E-state index in [9.17, 15) is 10.5 Å². The van der Waals surface area contributed by atoms with E-state index >= 15 is 0 Å². The van der Waals surface area contributed by atoms with Crippen LogP contribution in [0.4, 0.5) is 11.4 Å². The van der Waals surface area contributed by atoms with E-state index in [1.54, 1.807) is 6.20 Å². The summed E-state index contributed by atoms with van der Waals surface area (Å²) in [6.45, 7) is -0.00466. The standard InChI is InChI=1S/C42H34N12O4/c1-55-41-24(16-43)12-22-4-2-6-32(36(22)49-41)48-27-9-11-31-29(15-27)39(54-52-31)40-34(46-21-58-40)19-56-42-25(17-44)13-23-5-3-7-33(37(23)50-42)47-26-8-10-30-28(14-26)38(53-51-30)35-18-45-20-57-35/h8-15,18,20-21,32-33,47-48H,2-7,19H2,1H3,(H,51,53)(H,52,54)/t32-,33+/m1/s1. The zero-order valence-corrected chi connectivity index (χ0v) is 31.2. The Balaban J connectivity index is 0.897. The van der Waals surface area contributed by atoms with Gasteiger partial charge in [-0.15, -0.1) is 0 Å². The van der Waals surface area contributed by atoms with Crippen molar-refractivity contribution in [1.82, 2.24) is 40.3 Å². The van der Waals surface area contributed by atoms with Crippen LogP contribution in [0.1, 0.15) is 77.1 Å². The predicted molar refractivity (Wildman–Crippen MR) is 211 cm³/mol. The van der Waals surface area contributed by atoms with Crippen molar-refractivity contribution < 1.29 is 18.3 Å². The van der Waals surface area contributed by atoms with Gasteiger partial charge in [0, 0.05) is 22.1 Å². The third-order valence-electron chi connectivity index (χ3n) is 10.8. The first-order valence-electron chi connectivity index (χ1n) is 18.9. The zero-order valence-electron chi connectivity index (χ0n) is 31.2. The molecule has 4 N–H and O–H groups in total. The molecule has 0 saturated carbocycles. The number of oxazole rings is 2. The smallest absolute Gasteiger partial charge is 0.232 e. The van der Waals surface area contributed by atoms with Crippen LogP contribution >= 0.6 is 0 Å². The second-order valence-electron chi connectivity index (χ2n) is 14.3. The van der Waals surface area contributed by atoms with Crippen LogP contribution in [0.15, 0.2) is 76.3 Å². The summed E-state index contributed by atoms with van der Waals surface area (Å²) in [6, 6.07) is 20.0. The molecule has 16 nitrogen and oxygen atoms in total. The summed E-state index contributed by atoms with van der Waals surface area (Å²) in [6.07, 6.45) is 9.67. The van der Waals surface area contributed by atoms with Crippen LogP contribution in [0, 0.1) is 22.7 Å². The molecule has 286 valence electrons. The van der Waals surface area contributed by atoms with Crippen molar-refractivity contribution in [3.05, 3.63) is 107 Å². The molecule has 0 saturated heterocycles. The summed E-state index contributed by atoms with van der Waals surface area (Å²) < 4.78 is 23.1. The van der Waals surface area contributed by atoms with Gasteiger partial charge in [-0.25, -0.2) is 19.9 Å². The monoisotopic (exact) mass is 770 g/mol. The second kappa shape index (κ2) is 14.4. The first-order valence-corrected chi connectivity index (χ1v) is 18.9. The van der Waals surface area contributed by atoms with Crippen LogP contribution in [0.5, 0.6) is 11.8 Å². The number of methoxy groups -OCH3 is 1. The minimum absolute atomic E-state index is 0.00466. The van der Waals surface area contributed by atoms with Crippen LogP contribution in [0.25, 0.3) is 44.7 Å². The molecule has 0 amide bonds. The minimum atomic E-state index is -0.118. The normalized spacial score (nSPS) is 16.0. The van der Waals surface area contributed by atoms with Crippen molar-refractivity contribution in [3.8, 4) is 46.8 Å². The van der Waals surface area contributed by atoms with Gasteiger partial charge in [0.15, 0.2) is 24.3 Å². The largest absolute Gasteiger partial charge is 0.480 e. The molecule has 0 aliphatic heterocycles. The van der Waals surface area contributed by atoms with Crippen molar-refractivity contribution in [2.45, 2.75) is 57.2 Å². The molecule has 0 radical (unpaired) electrons. The molecule has 0 bridgehead atoms. The van der Waals surface area contributed by atoms with Gasteiger partial charge in [-0.2, -0.15) is 20.7 Å². The molecule has 6 aromatic heterocycles. The lowest BCUT2D eigenvalue weighted by Crippen LogP contribution is -2.20. The lowest BCUT2D eigenvalue weighted by atomic mass is 9.90. The molecule has 0 spiro atoms. The van der Waals surface area contributed by atoms with Crippen molar-refractivity contribution in [2.75, 3.05) is 17.7 Å². The molecule has 2 atom stereocenters. The number of aryl methyl sites for hydroxylation is 2. The Kier molecular flexibility index (Phi) is 8.63. The fourth-order valence-electron chi connectivity index (χ4n) is 8.09. The number of rotatable bonds is 10. The highest BCUT2D eigenvalue weighted by Crippen LogP contribution is 2.38. The van der Waals surface area contributed by atoms with Crippen molar-refractivity contribution in [3.63, 3.8) is 0 Å². The zero-order chi connectivity index (χ0) is 39.2. The number of benzene rings is 2. The summed E-state index contributed by atoms with van der Waals surface area (Å²) in [4.78, 5) is 18.2. The highest BCUT2D eigenvalue weighted by atomic mass is 16.5. The third kappa shape index (κ3) is 6.17. The van der Waals surface area contributed by atoms with E-state index in [4.69, 9.17) is 28.3 Å². The molecule has 0 fully saturated rings. The number of nitrogens with zero attached hydrogens (tertiary/aromatic N) is 8. The van der Waals surface area contributed by atoms with Crippen molar-refractivity contribution >= 4 is 33.2 Å². The van der Waals surface area contributed by atoms with E-state index < -0.39 is 0 Å². The highest BCUT2D eigenvalue weighted by molar-refractivity contribution is 5.95. The molecule has 2 aliphatic carbocycles. The van der Waals surface area contributed by atoms with Crippen LogP contribution in [0.2, 0.25) is 0 Å². The molecule has 2 aromatic carbocycles. The molecule has 8 aromatic rings. The first kappa shape index (κ1) is 34.7. The molecule has 2 aliphatic rings. The number of fused-ring (bicyclic) bond motifs is 4. The summed E-state index contributed by atoms with van der Waals surface area (Å²) in [7, 11) is 1.53. The Bertz CT molecular complexity index is 2920. The second-order valence-corrected chi connectivity index (χ2v) is 14.3. The van der Waals surface area contributed by atoms with E-state index in [-0.39, 0.29) is 24.6 Å². The Morgan fingerprint density at radius 3 is 2.02 bits per heavy atom. The van der Waals surface area contributed by atoms with E-state index in [1.807, 2.05) is 48.5 Å². The van der Waals surface area contributed by atoms with Gasteiger partial charge in [0.05, 0.1) is 47.8 Å². The predicted octanol–water partition coefficient (Wildman–Crippen LogP) is 7.85. The van der Waals surface area contributed by atoms with E-state index in [0.717, 1.165) is 94.2 Å². The van der Waals surface area contributed by atoms with Gasteiger partial charge in [-0.1, -0.05) is 0 Å². The van der Waals surface area contributed by atoms with Crippen LogP contribution in [-0.4, -0.2) is 47.4 Å². The maximum atomic E-state index is 10.1. The van der Waals surface area contributed by atoms with Gasteiger partial charge in [0.1, 0.15) is 47.0 Å². The van der Waals surface area contributed by atoms with E-state index in [0.29, 0.717) is 45.6 Å². The summed E-state index contributed by atoms with van der Waals surface area (Å²) in [5.41, 5.74) is 9.77. The Morgan fingerprint density at radius 1 is 0.776 bits per heavy atom. The van der Waals surface area contributed by atoms with Crippen molar-refractivity contribution in [1.29, 1.82) is 10.5 Å². The number of aromatic nitrogens is 8. The van der Waals surface area contributed by atoms with Gasteiger partial charge in [0.2, 0.25) is 11.8 Å². The summed E-state index contributed by atoms with van der Waals surface area (Å²) in [5.74, 6) is 1.57. The van der Waals surface area contributed by atoms with Crippen LogP contribution in [0.3, 0.4) is 0 Å². The van der Waals surface area contributed by atoms with Crippen LogP contribution in [-0.2, 0) is 19.4 Å². The average molecular weight is 771 g/mol. The first-order chi connectivity index (χ1) is 28.6. The number of pyridine rings is 2. The Hall–Kier alpha value is -7.72. The maximum Gasteiger partial charge on any atom is 0.232 e. The summed E-state index contributed by atoms with van der Waals surface area (Å²) in [5, 5.41) is 44.0. The molecule has 58 heavy (non-hydrogen) atoms. The lowest BCUT2D eigenvalue weighted by Gasteiger charge is -2.27. The molecular weight excluding hydrogens is 737 g/mol. The Morgan fingerprint density at radius 2 is 1.40 bits per heavy atom. The molecular formula is C42H34N12O4. The number of nitrogens with one attached hydrogen (secondary N) is 4. The topological polar surface area (TPSA) is 225 Å². The molecule has 10 rings (SSSR count). The van der Waals surface area contributed by atoms with Gasteiger partial charge in [-0.3, -0.25) is 10.2 Å². The van der Waals surface area contributed by atoms with Gasteiger partial charge in [0.25, 0.3) is 0 Å². The fraction of sp³-hybridized carbons (Fsp3) is 0.238. The van der Waals surface area contributed by atoms with Gasteiger partial charge < -0.3 is 28.9 Å².